The Kier molecular flexibility index (Phi) is 3.52. The molecule has 1 heterocycles. The van der Waals surface area contributed by atoms with Crippen LogP contribution in [-0.2, 0) is 11.3 Å². The fourth-order valence-corrected chi connectivity index (χ4v) is 1.20. The number of nitrogen functional groups attached to an aromatic ring is 1. The normalized spacial score (nSPS) is 11.6. The molecule has 0 aliphatic carbocycles. The number of nitrogens with two attached hydrogens (primary N) is 1. The zero-order valence-corrected chi connectivity index (χ0v) is 9.32. The lowest BCUT2D eigenvalue weighted by Crippen LogP contribution is -2.07. The Bertz CT molecular complexity index is 292. The third-order valence-corrected chi connectivity index (χ3v) is 1.87. The van der Waals surface area contributed by atoms with Gasteiger partial charge in [0.2, 0.25) is 0 Å². The maximum atomic E-state index is 5.79. The molecular weight excluding hydrogens is 178 g/mol. The number of rotatable bonds is 4. The van der Waals surface area contributed by atoms with E-state index >= 15 is 0 Å². The Labute approximate surface area is 85.0 Å². The summed E-state index contributed by atoms with van der Waals surface area (Å²) in [7, 11) is 0. The predicted molar refractivity (Wildman–Crippen MR) is 56.9 cm³/mol. The maximum absolute atomic E-state index is 5.79. The van der Waals surface area contributed by atoms with Crippen molar-refractivity contribution in [3.05, 3.63) is 11.8 Å². The summed E-state index contributed by atoms with van der Waals surface area (Å²) < 4.78 is 7.25. The lowest BCUT2D eigenvalue weighted by atomic mass is 10.4. The van der Waals surface area contributed by atoms with Crippen LogP contribution < -0.4 is 5.73 Å². The summed E-state index contributed by atoms with van der Waals surface area (Å²) in [5, 5.41) is 4.35. The first kappa shape index (κ1) is 11.0. The second kappa shape index (κ2) is 4.46. The van der Waals surface area contributed by atoms with Gasteiger partial charge in [-0.05, 0) is 27.7 Å². The first-order valence-electron chi connectivity index (χ1n) is 4.96. The van der Waals surface area contributed by atoms with Crippen LogP contribution in [0.1, 0.15) is 39.4 Å². The lowest BCUT2D eigenvalue weighted by molar-refractivity contribution is 0.0632. The van der Waals surface area contributed by atoms with Gasteiger partial charge >= 0.3 is 0 Å². The van der Waals surface area contributed by atoms with E-state index < -0.39 is 0 Å². The van der Waals surface area contributed by atoms with Gasteiger partial charge in [0.15, 0.2) is 0 Å². The summed E-state index contributed by atoms with van der Waals surface area (Å²) in [6.07, 6.45) is 0.223. The Morgan fingerprint density at radius 3 is 2.50 bits per heavy atom. The molecule has 0 bridgehead atoms. The van der Waals surface area contributed by atoms with Gasteiger partial charge in [0.25, 0.3) is 0 Å². The second-order valence-corrected chi connectivity index (χ2v) is 3.96. The molecule has 0 atom stereocenters. The van der Waals surface area contributed by atoms with E-state index in [-0.39, 0.29) is 6.10 Å². The average Bonchev–Trinajstić information content (AvgIpc) is 2.43. The predicted octanol–water partition coefficient (Wildman–Crippen LogP) is 1.97. The maximum Gasteiger partial charge on any atom is 0.122 e. The summed E-state index contributed by atoms with van der Waals surface area (Å²) in [5.41, 5.74) is 6.69. The van der Waals surface area contributed by atoms with Crippen LogP contribution in [0.2, 0.25) is 0 Å². The van der Waals surface area contributed by atoms with Gasteiger partial charge in [-0.1, -0.05) is 0 Å². The van der Waals surface area contributed by atoms with Crippen molar-refractivity contribution in [2.45, 2.75) is 46.4 Å². The fraction of sp³-hybridized carbons (Fsp3) is 0.700. The van der Waals surface area contributed by atoms with Crippen LogP contribution in [0.5, 0.6) is 0 Å². The fourth-order valence-electron chi connectivity index (χ4n) is 1.20. The highest BCUT2D eigenvalue weighted by Gasteiger charge is 2.07. The third kappa shape index (κ3) is 2.73. The number of ether oxygens (including phenoxy) is 1. The number of nitrogens with zero attached hydrogens (tertiary/aromatic N) is 2. The van der Waals surface area contributed by atoms with Crippen LogP contribution in [0.15, 0.2) is 6.07 Å². The van der Waals surface area contributed by atoms with Crippen molar-refractivity contribution in [2.75, 3.05) is 5.73 Å². The van der Waals surface area contributed by atoms with Gasteiger partial charge in [0.05, 0.1) is 18.4 Å². The monoisotopic (exact) mass is 197 g/mol. The highest BCUT2D eigenvalue weighted by atomic mass is 16.5. The molecule has 0 saturated carbocycles. The molecule has 0 aliphatic rings. The molecule has 1 aromatic rings. The Hall–Kier alpha value is -1.03. The van der Waals surface area contributed by atoms with Crippen molar-refractivity contribution in [3.8, 4) is 0 Å². The first-order valence-corrected chi connectivity index (χ1v) is 4.96. The van der Waals surface area contributed by atoms with Crippen LogP contribution in [-0.4, -0.2) is 15.9 Å². The zero-order chi connectivity index (χ0) is 10.7. The molecule has 0 amide bonds. The Morgan fingerprint density at radius 1 is 1.43 bits per heavy atom. The lowest BCUT2D eigenvalue weighted by Gasteiger charge is -2.07. The summed E-state index contributed by atoms with van der Waals surface area (Å²) >= 11 is 0. The molecule has 0 unspecified atom stereocenters. The Morgan fingerprint density at radius 2 is 2.07 bits per heavy atom. The van der Waals surface area contributed by atoms with E-state index in [1.165, 1.54) is 0 Å². The molecule has 0 aliphatic heterocycles. The number of aromatic nitrogens is 2. The van der Waals surface area contributed by atoms with E-state index in [9.17, 15) is 0 Å². The average molecular weight is 197 g/mol. The number of hydrogen-bond acceptors (Lipinski definition) is 3. The molecule has 2 N–H and O–H groups in total. The smallest absolute Gasteiger partial charge is 0.122 e. The molecule has 4 heteroatoms. The number of hydrogen-bond donors (Lipinski definition) is 1. The minimum Gasteiger partial charge on any atom is -0.384 e. The first-order chi connectivity index (χ1) is 6.50. The van der Waals surface area contributed by atoms with Crippen molar-refractivity contribution in [1.29, 1.82) is 0 Å². The molecule has 0 aromatic carbocycles. The molecule has 1 aromatic heterocycles. The largest absolute Gasteiger partial charge is 0.384 e. The van der Waals surface area contributed by atoms with Crippen LogP contribution in [0, 0.1) is 0 Å². The summed E-state index contributed by atoms with van der Waals surface area (Å²) in [6.45, 7) is 8.64. The van der Waals surface area contributed by atoms with Crippen LogP contribution in [0.4, 0.5) is 5.82 Å². The minimum atomic E-state index is 0.223. The second-order valence-electron chi connectivity index (χ2n) is 3.96. The molecule has 80 valence electrons. The zero-order valence-electron chi connectivity index (χ0n) is 9.32. The molecule has 4 nitrogen and oxygen atoms in total. The molecule has 0 radical (unpaired) electrons. The third-order valence-electron chi connectivity index (χ3n) is 1.87. The van der Waals surface area contributed by atoms with Crippen molar-refractivity contribution in [3.63, 3.8) is 0 Å². The van der Waals surface area contributed by atoms with Gasteiger partial charge in [-0.2, -0.15) is 5.10 Å². The van der Waals surface area contributed by atoms with Crippen molar-refractivity contribution in [1.82, 2.24) is 9.78 Å². The topological polar surface area (TPSA) is 53.1 Å². The molecule has 1 rings (SSSR count). The number of anilines is 1. The SMILES string of the molecule is CC(C)OCc1cc(N)n(C(C)C)n1. The molecular formula is C10H19N3O. The quantitative estimate of drug-likeness (QED) is 0.802. The van der Waals surface area contributed by atoms with E-state index in [0.717, 1.165) is 5.69 Å². The highest BCUT2D eigenvalue weighted by molar-refractivity contribution is 5.31. The van der Waals surface area contributed by atoms with E-state index in [4.69, 9.17) is 10.5 Å². The highest BCUT2D eigenvalue weighted by Crippen LogP contribution is 2.13. The van der Waals surface area contributed by atoms with Gasteiger partial charge < -0.3 is 10.5 Å². The van der Waals surface area contributed by atoms with Crippen molar-refractivity contribution >= 4 is 5.82 Å². The summed E-state index contributed by atoms with van der Waals surface area (Å²) in [6, 6.07) is 2.16. The van der Waals surface area contributed by atoms with Crippen LogP contribution >= 0.6 is 0 Å². The van der Waals surface area contributed by atoms with Gasteiger partial charge in [0, 0.05) is 12.1 Å². The summed E-state index contributed by atoms with van der Waals surface area (Å²) in [5.74, 6) is 0.697. The van der Waals surface area contributed by atoms with Crippen molar-refractivity contribution < 1.29 is 4.74 Å². The van der Waals surface area contributed by atoms with Gasteiger partial charge in [0.1, 0.15) is 5.82 Å². The van der Waals surface area contributed by atoms with Crippen molar-refractivity contribution in [2.24, 2.45) is 0 Å². The summed E-state index contributed by atoms with van der Waals surface area (Å²) in [4.78, 5) is 0. The molecule has 14 heavy (non-hydrogen) atoms. The molecule has 0 fully saturated rings. The Balaban J connectivity index is 2.66. The van der Waals surface area contributed by atoms with Gasteiger partial charge in [-0.15, -0.1) is 0 Å². The van der Waals surface area contributed by atoms with E-state index in [1.54, 1.807) is 4.68 Å². The van der Waals surface area contributed by atoms with E-state index in [1.807, 2.05) is 19.9 Å². The van der Waals surface area contributed by atoms with E-state index in [0.29, 0.717) is 18.5 Å². The van der Waals surface area contributed by atoms with Crippen LogP contribution in [0.3, 0.4) is 0 Å². The minimum absolute atomic E-state index is 0.223. The standard InChI is InChI=1S/C10H19N3O/c1-7(2)13-10(11)5-9(12-13)6-14-8(3)4/h5,7-8H,6,11H2,1-4H3. The van der Waals surface area contributed by atoms with Gasteiger partial charge in [-0.25, -0.2) is 4.68 Å². The molecule has 0 spiro atoms. The van der Waals surface area contributed by atoms with E-state index in [2.05, 4.69) is 18.9 Å². The van der Waals surface area contributed by atoms with Gasteiger partial charge in [-0.3, -0.25) is 0 Å². The molecule has 0 saturated heterocycles. The van der Waals surface area contributed by atoms with Crippen LogP contribution in [0.25, 0.3) is 0 Å².